The summed E-state index contributed by atoms with van der Waals surface area (Å²) in [6, 6.07) is 17.0. The molecule has 1 heterocycles. The smallest absolute Gasteiger partial charge is 0.228 e. The second-order valence-corrected chi connectivity index (χ2v) is 4.95. The highest BCUT2D eigenvalue weighted by molar-refractivity contribution is 5.95. The minimum atomic E-state index is -0.0664. The summed E-state index contributed by atoms with van der Waals surface area (Å²) in [6.45, 7) is 0. The van der Waals surface area contributed by atoms with Gasteiger partial charge in [-0.1, -0.05) is 24.3 Å². The van der Waals surface area contributed by atoms with Crippen LogP contribution in [-0.2, 0) is 11.2 Å². The highest BCUT2D eigenvalue weighted by Gasteiger charge is 2.08. The van der Waals surface area contributed by atoms with E-state index in [-0.39, 0.29) is 5.91 Å². The maximum atomic E-state index is 12.2. The number of hydrogen-bond acceptors (Lipinski definition) is 3. The normalized spacial score (nSPS) is 10.4. The van der Waals surface area contributed by atoms with Gasteiger partial charge in [0.2, 0.25) is 5.91 Å². The Kier molecular flexibility index (Phi) is 4.01. The predicted octanol–water partition coefficient (Wildman–Crippen LogP) is 3.42. The number of nitrogens with zero attached hydrogens (tertiary/aromatic N) is 1. The van der Waals surface area contributed by atoms with E-state index in [2.05, 4.69) is 10.3 Å². The molecule has 0 aliphatic heterocycles. The Balaban J connectivity index is 1.75. The van der Waals surface area contributed by atoms with Gasteiger partial charge in [-0.15, -0.1) is 0 Å². The minimum Gasteiger partial charge on any atom is -0.497 e. The van der Waals surface area contributed by atoms with Gasteiger partial charge in [0.15, 0.2) is 0 Å². The molecular weight excluding hydrogens is 276 g/mol. The van der Waals surface area contributed by atoms with Crippen molar-refractivity contribution in [1.29, 1.82) is 0 Å². The van der Waals surface area contributed by atoms with Gasteiger partial charge in [-0.05, 0) is 35.9 Å². The first-order valence-corrected chi connectivity index (χ1v) is 7.03. The lowest BCUT2D eigenvalue weighted by Crippen LogP contribution is -2.14. The van der Waals surface area contributed by atoms with Crippen molar-refractivity contribution in [2.24, 2.45) is 0 Å². The second kappa shape index (κ2) is 6.26. The number of aromatic nitrogens is 1. The summed E-state index contributed by atoms with van der Waals surface area (Å²) < 4.78 is 5.10. The van der Waals surface area contributed by atoms with E-state index in [0.717, 1.165) is 27.9 Å². The van der Waals surface area contributed by atoms with Gasteiger partial charge in [0.1, 0.15) is 5.75 Å². The topological polar surface area (TPSA) is 51.2 Å². The lowest BCUT2D eigenvalue weighted by Gasteiger charge is -2.08. The first-order valence-electron chi connectivity index (χ1n) is 7.03. The Bertz CT molecular complexity index is 792. The number of pyridine rings is 1. The molecule has 0 bridgehead atoms. The van der Waals surface area contributed by atoms with Crippen LogP contribution in [0.25, 0.3) is 10.9 Å². The zero-order valence-corrected chi connectivity index (χ0v) is 12.2. The summed E-state index contributed by atoms with van der Waals surface area (Å²) in [7, 11) is 1.61. The Morgan fingerprint density at radius 3 is 2.64 bits per heavy atom. The lowest BCUT2D eigenvalue weighted by molar-refractivity contribution is -0.115. The van der Waals surface area contributed by atoms with Gasteiger partial charge in [0, 0.05) is 17.3 Å². The van der Waals surface area contributed by atoms with E-state index in [9.17, 15) is 4.79 Å². The summed E-state index contributed by atoms with van der Waals surface area (Å²) in [4.78, 5) is 16.6. The highest BCUT2D eigenvalue weighted by atomic mass is 16.5. The molecule has 110 valence electrons. The van der Waals surface area contributed by atoms with Gasteiger partial charge in [-0.3, -0.25) is 9.78 Å². The molecule has 0 unspecified atom stereocenters. The van der Waals surface area contributed by atoms with Gasteiger partial charge >= 0.3 is 0 Å². The van der Waals surface area contributed by atoms with E-state index in [1.54, 1.807) is 13.3 Å². The van der Waals surface area contributed by atoms with Gasteiger partial charge in [0.25, 0.3) is 0 Å². The lowest BCUT2D eigenvalue weighted by atomic mass is 10.1. The van der Waals surface area contributed by atoms with Crippen LogP contribution in [0, 0.1) is 0 Å². The second-order valence-electron chi connectivity index (χ2n) is 4.95. The number of hydrogen-bond donors (Lipinski definition) is 1. The maximum Gasteiger partial charge on any atom is 0.228 e. The van der Waals surface area contributed by atoms with Gasteiger partial charge in [-0.2, -0.15) is 0 Å². The quantitative estimate of drug-likeness (QED) is 0.801. The molecule has 4 nitrogen and oxygen atoms in total. The minimum absolute atomic E-state index is 0.0664. The number of amides is 1. The van der Waals surface area contributed by atoms with Crippen molar-refractivity contribution in [3.63, 3.8) is 0 Å². The molecular formula is C18H16N2O2. The van der Waals surface area contributed by atoms with E-state index >= 15 is 0 Å². The fourth-order valence-electron chi connectivity index (χ4n) is 2.36. The number of anilines is 1. The molecule has 1 N–H and O–H groups in total. The fraction of sp³-hybridized carbons (Fsp3) is 0.111. The van der Waals surface area contributed by atoms with Crippen molar-refractivity contribution in [2.45, 2.75) is 6.42 Å². The standard InChI is InChI=1S/C18H16N2O2/c1-22-16-9-7-15(8-10-16)20-17(21)12-14-5-2-4-13-6-3-11-19-18(13)14/h2-11H,12H2,1H3,(H,20,21). The van der Waals surface area contributed by atoms with Gasteiger partial charge in [0.05, 0.1) is 19.0 Å². The third-order valence-corrected chi connectivity index (χ3v) is 3.44. The van der Waals surface area contributed by atoms with Crippen molar-refractivity contribution >= 4 is 22.5 Å². The summed E-state index contributed by atoms with van der Waals surface area (Å²) in [6.07, 6.45) is 2.04. The number of para-hydroxylation sites is 1. The Hall–Kier alpha value is -2.88. The summed E-state index contributed by atoms with van der Waals surface area (Å²) in [5.41, 5.74) is 2.54. The number of methoxy groups -OCH3 is 1. The van der Waals surface area contributed by atoms with Crippen LogP contribution < -0.4 is 10.1 Å². The van der Waals surface area contributed by atoms with E-state index < -0.39 is 0 Å². The number of rotatable bonds is 4. The summed E-state index contributed by atoms with van der Waals surface area (Å²) in [5, 5.41) is 3.92. The maximum absolute atomic E-state index is 12.2. The van der Waals surface area contributed by atoms with E-state index in [1.165, 1.54) is 0 Å². The van der Waals surface area contributed by atoms with Crippen LogP contribution in [-0.4, -0.2) is 18.0 Å². The Labute approximate surface area is 128 Å². The highest BCUT2D eigenvalue weighted by Crippen LogP contribution is 2.18. The van der Waals surface area contributed by atoms with Crippen LogP contribution >= 0.6 is 0 Å². The average Bonchev–Trinajstić information content (AvgIpc) is 2.56. The van der Waals surface area contributed by atoms with Crippen LogP contribution in [0.5, 0.6) is 5.75 Å². The van der Waals surface area contributed by atoms with E-state index in [4.69, 9.17) is 4.74 Å². The van der Waals surface area contributed by atoms with Crippen molar-refractivity contribution < 1.29 is 9.53 Å². The predicted molar refractivity (Wildman–Crippen MR) is 87.1 cm³/mol. The summed E-state index contributed by atoms with van der Waals surface area (Å²) in [5.74, 6) is 0.694. The molecule has 0 aliphatic carbocycles. The molecule has 22 heavy (non-hydrogen) atoms. The van der Waals surface area contributed by atoms with Crippen LogP contribution in [0.4, 0.5) is 5.69 Å². The Morgan fingerprint density at radius 1 is 1.09 bits per heavy atom. The van der Waals surface area contributed by atoms with Gasteiger partial charge in [-0.25, -0.2) is 0 Å². The molecule has 2 aromatic carbocycles. The summed E-state index contributed by atoms with van der Waals surface area (Å²) >= 11 is 0. The van der Waals surface area contributed by atoms with E-state index in [1.807, 2.05) is 54.6 Å². The molecule has 1 aromatic heterocycles. The molecule has 0 saturated carbocycles. The van der Waals surface area contributed by atoms with Gasteiger partial charge < -0.3 is 10.1 Å². The third kappa shape index (κ3) is 3.06. The molecule has 0 spiro atoms. The SMILES string of the molecule is COc1ccc(NC(=O)Cc2cccc3cccnc23)cc1. The number of carbonyl (C=O) groups excluding carboxylic acids is 1. The third-order valence-electron chi connectivity index (χ3n) is 3.44. The zero-order chi connectivity index (χ0) is 15.4. The number of nitrogens with one attached hydrogen (secondary N) is 1. The van der Waals surface area contributed by atoms with Crippen LogP contribution in [0.15, 0.2) is 60.8 Å². The van der Waals surface area contributed by atoms with Crippen molar-refractivity contribution in [1.82, 2.24) is 4.98 Å². The van der Waals surface area contributed by atoms with Crippen molar-refractivity contribution in [3.05, 3.63) is 66.4 Å². The molecule has 0 atom stereocenters. The van der Waals surface area contributed by atoms with Crippen LogP contribution in [0.1, 0.15) is 5.56 Å². The molecule has 1 amide bonds. The average molecular weight is 292 g/mol. The molecule has 3 aromatic rings. The number of carbonyl (C=O) groups is 1. The monoisotopic (exact) mass is 292 g/mol. The number of ether oxygens (including phenoxy) is 1. The molecule has 0 aliphatic rings. The largest absolute Gasteiger partial charge is 0.497 e. The van der Waals surface area contributed by atoms with Crippen LogP contribution in [0.3, 0.4) is 0 Å². The first kappa shape index (κ1) is 14.1. The number of fused-ring (bicyclic) bond motifs is 1. The zero-order valence-electron chi connectivity index (χ0n) is 12.2. The molecule has 3 rings (SSSR count). The molecule has 0 fully saturated rings. The fourth-order valence-corrected chi connectivity index (χ4v) is 2.36. The molecule has 0 radical (unpaired) electrons. The van der Waals surface area contributed by atoms with Crippen molar-refractivity contribution in [3.8, 4) is 5.75 Å². The first-order chi connectivity index (χ1) is 10.8. The molecule has 4 heteroatoms. The molecule has 0 saturated heterocycles. The van der Waals surface area contributed by atoms with E-state index in [0.29, 0.717) is 6.42 Å². The van der Waals surface area contributed by atoms with Crippen LogP contribution in [0.2, 0.25) is 0 Å². The number of benzene rings is 2. The van der Waals surface area contributed by atoms with Crippen molar-refractivity contribution in [2.75, 3.05) is 12.4 Å². The Morgan fingerprint density at radius 2 is 1.86 bits per heavy atom.